The number of nitrogens with zero attached hydrogens (tertiary/aromatic N) is 2. The first-order valence-corrected chi connectivity index (χ1v) is 12.0. The molecule has 2 aromatic carbocycles. The summed E-state index contributed by atoms with van der Waals surface area (Å²) < 4.78 is 52.2. The van der Waals surface area contributed by atoms with Crippen molar-refractivity contribution >= 4 is 20.0 Å². The van der Waals surface area contributed by atoms with Crippen LogP contribution >= 0.6 is 0 Å². The number of rotatable bonds is 5. The maximum atomic E-state index is 13.1. The van der Waals surface area contributed by atoms with Crippen molar-refractivity contribution in [3.63, 3.8) is 0 Å². The fourth-order valence-corrected chi connectivity index (χ4v) is 5.39. The average molecular weight is 409 g/mol. The van der Waals surface area contributed by atoms with Crippen LogP contribution in [0.3, 0.4) is 0 Å². The lowest BCUT2D eigenvalue weighted by molar-refractivity contribution is 0.317. The van der Waals surface area contributed by atoms with E-state index in [1.54, 1.807) is 26.1 Å². The van der Waals surface area contributed by atoms with Crippen LogP contribution in [-0.4, -0.2) is 45.3 Å². The van der Waals surface area contributed by atoms with Gasteiger partial charge in [-0.2, -0.15) is 17.0 Å². The van der Waals surface area contributed by atoms with Crippen molar-refractivity contribution in [2.45, 2.75) is 30.8 Å². The van der Waals surface area contributed by atoms with Crippen molar-refractivity contribution in [1.82, 2.24) is 8.61 Å². The van der Waals surface area contributed by atoms with Gasteiger partial charge in [0, 0.05) is 32.4 Å². The Morgan fingerprint density at radius 2 is 1.56 bits per heavy atom. The molecule has 0 saturated heterocycles. The van der Waals surface area contributed by atoms with Gasteiger partial charge in [-0.1, -0.05) is 36.4 Å². The third kappa shape index (κ3) is 4.08. The molecule has 27 heavy (non-hydrogen) atoms. The second-order valence-corrected chi connectivity index (χ2v) is 10.9. The molecule has 0 saturated carbocycles. The minimum absolute atomic E-state index is 0.219. The van der Waals surface area contributed by atoms with Crippen LogP contribution in [0.2, 0.25) is 0 Å². The van der Waals surface area contributed by atoms with E-state index in [0.29, 0.717) is 19.5 Å². The summed E-state index contributed by atoms with van der Waals surface area (Å²) in [7, 11) is -5.36. The van der Waals surface area contributed by atoms with Crippen LogP contribution in [0.1, 0.15) is 29.7 Å². The van der Waals surface area contributed by atoms with Crippen molar-refractivity contribution in [3.8, 4) is 0 Å². The SMILES string of the molecule is CC(c1ccc(S(C)(=O)=O)cc1)N(C)S(=O)(=O)N1CCc2ccccc2C1. The van der Waals surface area contributed by atoms with Crippen molar-refractivity contribution in [1.29, 1.82) is 0 Å². The lowest BCUT2D eigenvalue weighted by Crippen LogP contribution is -2.45. The van der Waals surface area contributed by atoms with E-state index in [-0.39, 0.29) is 4.90 Å². The summed E-state index contributed by atoms with van der Waals surface area (Å²) >= 11 is 0. The molecule has 0 bridgehead atoms. The van der Waals surface area contributed by atoms with E-state index in [1.807, 2.05) is 24.3 Å². The molecule has 6 nitrogen and oxygen atoms in total. The lowest BCUT2D eigenvalue weighted by Gasteiger charge is -2.34. The molecular weight excluding hydrogens is 384 g/mol. The van der Waals surface area contributed by atoms with Crippen LogP contribution in [-0.2, 0) is 33.0 Å². The Hall–Kier alpha value is -1.74. The number of hydrogen-bond acceptors (Lipinski definition) is 4. The molecule has 146 valence electrons. The third-order valence-electron chi connectivity index (χ3n) is 5.12. The highest BCUT2D eigenvalue weighted by molar-refractivity contribution is 7.90. The normalized spacial score (nSPS) is 16.9. The molecular formula is C19H24N2O4S2. The molecule has 0 fully saturated rings. The zero-order chi connectivity index (χ0) is 19.8. The highest BCUT2D eigenvalue weighted by Crippen LogP contribution is 2.28. The van der Waals surface area contributed by atoms with Gasteiger partial charge < -0.3 is 0 Å². The highest BCUT2D eigenvalue weighted by Gasteiger charge is 2.33. The first-order valence-electron chi connectivity index (χ1n) is 8.70. The first kappa shape index (κ1) is 20.0. The van der Waals surface area contributed by atoms with Crippen LogP contribution in [0.4, 0.5) is 0 Å². The highest BCUT2D eigenvalue weighted by atomic mass is 32.2. The molecule has 1 unspecified atom stereocenters. The van der Waals surface area contributed by atoms with Gasteiger partial charge in [-0.3, -0.25) is 0 Å². The van der Waals surface area contributed by atoms with Gasteiger partial charge in [0.1, 0.15) is 0 Å². The Labute approximate surface area is 161 Å². The van der Waals surface area contributed by atoms with Crippen LogP contribution in [0.25, 0.3) is 0 Å². The fourth-order valence-electron chi connectivity index (χ4n) is 3.25. The third-order valence-corrected chi connectivity index (χ3v) is 8.26. The molecule has 0 amide bonds. The summed E-state index contributed by atoms with van der Waals surface area (Å²) in [5.41, 5.74) is 2.97. The zero-order valence-corrected chi connectivity index (χ0v) is 17.3. The van der Waals surface area contributed by atoms with Crippen molar-refractivity contribution in [2.75, 3.05) is 19.8 Å². The minimum Gasteiger partial charge on any atom is -0.224 e. The predicted octanol–water partition coefficient (Wildman–Crippen LogP) is 2.39. The van der Waals surface area contributed by atoms with Crippen LogP contribution in [0, 0.1) is 0 Å². The van der Waals surface area contributed by atoms with E-state index in [0.717, 1.165) is 17.4 Å². The molecule has 1 heterocycles. The molecule has 8 heteroatoms. The summed E-state index contributed by atoms with van der Waals surface area (Å²) in [4.78, 5) is 0.219. The molecule has 0 spiro atoms. The Balaban J connectivity index is 1.81. The van der Waals surface area contributed by atoms with Gasteiger partial charge in [0.25, 0.3) is 10.2 Å². The summed E-state index contributed by atoms with van der Waals surface area (Å²) in [6.45, 7) is 2.61. The predicted molar refractivity (Wildman–Crippen MR) is 105 cm³/mol. The molecule has 0 aliphatic carbocycles. The molecule has 0 radical (unpaired) electrons. The van der Waals surface area contributed by atoms with E-state index in [2.05, 4.69) is 0 Å². The largest absolute Gasteiger partial charge is 0.282 e. The Morgan fingerprint density at radius 1 is 0.963 bits per heavy atom. The average Bonchev–Trinajstić information content (AvgIpc) is 2.65. The molecule has 0 aromatic heterocycles. The van der Waals surface area contributed by atoms with Crippen LogP contribution < -0.4 is 0 Å². The van der Waals surface area contributed by atoms with Gasteiger partial charge in [0.2, 0.25) is 0 Å². The van der Waals surface area contributed by atoms with Crippen molar-refractivity contribution in [2.24, 2.45) is 0 Å². The topological polar surface area (TPSA) is 74.8 Å². The molecule has 0 N–H and O–H groups in total. The van der Waals surface area contributed by atoms with Gasteiger partial charge >= 0.3 is 0 Å². The smallest absolute Gasteiger partial charge is 0.224 e. The maximum absolute atomic E-state index is 13.1. The monoisotopic (exact) mass is 408 g/mol. The minimum atomic E-state index is -3.64. The summed E-state index contributed by atoms with van der Waals surface area (Å²) in [5.74, 6) is 0. The quantitative estimate of drug-likeness (QED) is 0.761. The van der Waals surface area contributed by atoms with Gasteiger partial charge in [0.05, 0.1) is 4.90 Å². The van der Waals surface area contributed by atoms with E-state index >= 15 is 0 Å². The number of sulfone groups is 1. The zero-order valence-electron chi connectivity index (χ0n) is 15.7. The van der Waals surface area contributed by atoms with Gasteiger partial charge in [-0.15, -0.1) is 0 Å². The van der Waals surface area contributed by atoms with Crippen molar-refractivity contribution < 1.29 is 16.8 Å². The van der Waals surface area contributed by atoms with E-state index in [1.165, 1.54) is 26.3 Å². The molecule has 1 aliphatic rings. The fraction of sp³-hybridized carbons (Fsp3) is 0.368. The Bertz CT molecular complexity index is 1030. The summed E-state index contributed by atoms with van der Waals surface area (Å²) in [6, 6.07) is 13.8. The second-order valence-electron chi connectivity index (χ2n) is 6.89. The van der Waals surface area contributed by atoms with Gasteiger partial charge in [-0.25, -0.2) is 8.42 Å². The van der Waals surface area contributed by atoms with Crippen LogP contribution in [0.5, 0.6) is 0 Å². The first-order chi connectivity index (χ1) is 12.6. The van der Waals surface area contributed by atoms with Gasteiger partial charge in [-0.05, 0) is 42.2 Å². The number of benzene rings is 2. The maximum Gasteiger partial charge on any atom is 0.282 e. The molecule has 1 aliphatic heterocycles. The molecule has 1 atom stereocenters. The standard InChI is InChI=1S/C19H24N2O4S2/c1-15(16-8-10-19(11-9-16)26(3,22)23)20(2)27(24,25)21-13-12-17-6-4-5-7-18(17)14-21/h4-11,15H,12-14H2,1-3H3. The lowest BCUT2D eigenvalue weighted by atomic mass is 10.0. The number of fused-ring (bicyclic) bond motifs is 1. The summed E-state index contributed by atoms with van der Waals surface area (Å²) in [5, 5.41) is 0. The van der Waals surface area contributed by atoms with Crippen molar-refractivity contribution in [3.05, 3.63) is 65.2 Å². The van der Waals surface area contributed by atoms with E-state index < -0.39 is 26.1 Å². The molecule has 3 rings (SSSR count). The van der Waals surface area contributed by atoms with E-state index in [4.69, 9.17) is 0 Å². The molecule has 2 aromatic rings. The Morgan fingerprint density at radius 3 is 2.15 bits per heavy atom. The number of hydrogen-bond donors (Lipinski definition) is 0. The van der Waals surface area contributed by atoms with E-state index in [9.17, 15) is 16.8 Å². The van der Waals surface area contributed by atoms with Gasteiger partial charge in [0.15, 0.2) is 9.84 Å². The summed E-state index contributed by atoms with van der Waals surface area (Å²) in [6.07, 6.45) is 1.84. The van der Waals surface area contributed by atoms with Crippen LogP contribution in [0.15, 0.2) is 53.4 Å². The Kier molecular flexibility index (Phi) is 5.45. The second kappa shape index (κ2) is 7.35.